The zero-order valence-corrected chi connectivity index (χ0v) is 13.6. The van der Waals surface area contributed by atoms with Gasteiger partial charge in [0.25, 0.3) is 5.91 Å². The van der Waals surface area contributed by atoms with Crippen molar-refractivity contribution in [3.05, 3.63) is 52.5 Å². The Morgan fingerprint density at radius 1 is 1.23 bits per heavy atom. The molecule has 5 heteroatoms. The molecule has 116 valence electrons. The molecule has 1 amide bonds. The molecule has 1 aliphatic heterocycles. The lowest BCUT2D eigenvalue weighted by molar-refractivity contribution is 0.0582. The maximum atomic E-state index is 12.4. The van der Waals surface area contributed by atoms with Gasteiger partial charge in [0.05, 0.1) is 0 Å². The van der Waals surface area contributed by atoms with E-state index >= 15 is 0 Å². The molecule has 0 aromatic carbocycles. The molecule has 0 bridgehead atoms. The number of carbonyl (C=O) groups is 1. The van der Waals surface area contributed by atoms with Gasteiger partial charge in [-0.1, -0.05) is 0 Å². The Morgan fingerprint density at radius 2 is 1.95 bits per heavy atom. The number of amides is 1. The third-order valence-electron chi connectivity index (χ3n) is 4.26. The van der Waals surface area contributed by atoms with Crippen LogP contribution in [0.1, 0.15) is 22.8 Å². The zero-order chi connectivity index (χ0) is 15.4. The Kier molecular flexibility index (Phi) is 4.85. The summed E-state index contributed by atoms with van der Waals surface area (Å²) >= 11 is 1.75. The second-order valence-electron chi connectivity index (χ2n) is 5.75. The fourth-order valence-corrected chi connectivity index (χ4v) is 3.60. The molecule has 3 rings (SSSR count). The smallest absolute Gasteiger partial charge is 0.254 e. The van der Waals surface area contributed by atoms with E-state index in [0.717, 1.165) is 38.2 Å². The standard InChI is InChI=1S/C17H21N3OS/c1-14(12-15-4-11-22-13-15)19-7-9-20(10-8-19)17(21)16-2-5-18-6-3-16/h2-6,11,13-14H,7-10,12H2,1H3/t14-/m1/s1. The molecule has 0 saturated carbocycles. The van der Waals surface area contributed by atoms with Crippen LogP contribution in [-0.2, 0) is 6.42 Å². The van der Waals surface area contributed by atoms with E-state index in [1.807, 2.05) is 4.90 Å². The van der Waals surface area contributed by atoms with E-state index in [4.69, 9.17) is 0 Å². The van der Waals surface area contributed by atoms with Crippen LogP contribution < -0.4 is 0 Å². The molecule has 3 heterocycles. The van der Waals surface area contributed by atoms with Crippen molar-refractivity contribution >= 4 is 17.2 Å². The molecule has 0 unspecified atom stereocenters. The van der Waals surface area contributed by atoms with Crippen molar-refractivity contribution in [2.24, 2.45) is 0 Å². The fraction of sp³-hybridized carbons (Fsp3) is 0.412. The van der Waals surface area contributed by atoms with Crippen molar-refractivity contribution in [1.82, 2.24) is 14.8 Å². The van der Waals surface area contributed by atoms with Crippen LogP contribution in [0.5, 0.6) is 0 Å². The second kappa shape index (κ2) is 7.03. The Labute approximate surface area is 135 Å². The predicted molar refractivity (Wildman–Crippen MR) is 89.2 cm³/mol. The van der Waals surface area contributed by atoms with Crippen molar-refractivity contribution in [2.75, 3.05) is 26.2 Å². The number of pyridine rings is 1. The molecule has 22 heavy (non-hydrogen) atoms. The van der Waals surface area contributed by atoms with Crippen molar-refractivity contribution in [1.29, 1.82) is 0 Å². The minimum Gasteiger partial charge on any atom is -0.336 e. The fourth-order valence-electron chi connectivity index (χ4n) is 2.92. The topological polar surface area (TPSA) is 36.4 Å². The molecule has 2 aromatic rings. The lowest BCUT2D eigenvalue weighted by atomic mass is 10.1. The normalized spacial score (nSPS) is 17.4. The number of thiophene rings is 1. The van der Waals surface area contributed by atoms with Gasteiger partial charge in [-0.2, -0.15) is 11.3 Å². The molecule has 0 radical (unpaired) electrons. The predicted octanol–water partition coefficient (Wildman–Crippen LogP) is 2.53. The molecule has 1 aliphatic rings. The number of piperazine rings is 1. The van der Waals surface area contributed by atoms with Gasteiger partial charge in [0.15, 0.2) is 0 Å². The minimum absolute atomic E-state index is 0.118. The molecule has 1 fully saturated rings. The van der Waals surface area contributed by atoms with E-state index in [-0.39, 0.29) is 5.91 Å². The lowest BCUT2D eigenvalue weighted by Gasteiger charge is -2.38. The van der Waals surface area contributed by atoms with Gasteiger partial charge >= 0.3 is 0 Å². The van der Waals surface area contributed by atoms with Crippen molar-refractivity contribution in [3.63, 3.8) is 0 Å². The highest BCUT2D eigenvalue weighted by Gasteiger charge is 2.24. The van der Waals surface area contributed by atoms with Crippen LogP contribution in [0.25, 0.3) is 0 Å². The number of rotatable bonds is 4. The molecular weight excluding hydrogens is 294 g/mol. The Bertz CT molecular complexity index is 592. The minimum atomic E-state index is 0.118. The number of nitrogens with zero attached hydrogens (tertiary/aromatic N) is 3. The second-order valence-corrected chi connectivity index (χ2v) is 6.53. The summed E-state index contributed by atoms with van der Waals surface area (Å²) in [6, 6.07) is 6.29. The summed E-state index contributed by atoms with van der Waals surface area (Å²) in [5, 5.41) is 4.35. The largest absolute Gasteiger partial charge is 0.336 e. The van der Waals surface area contributed by atoms with Crippen LogP contribution in [0.3, 0.4) is 0 Å². The SMILES string of the molecule is C[C@H](Cc1ccsc1)N1CCN(C(=O)c2ccncc2)CC1. The van der Waals surface area contributed by atoms with E-state index in [0.29, 0.717) is 6.04 Å². The third kappa shape index (κ3) is 3.54. The van der Waals surface area contributed by atoms with Crippen molar-refractivity contribution in [2.45, 2.75) is 19.4 Å². The van der Waals surface area contributed by atoms with E-state index in [1.54, 1.807) is 35.9 Å². The summed E-state index contributed by atoms with van der Waals surface area (Å²) in [4.78, 5) is 20.8. The van der Waals surface area contributed by atoms with E-state index < -0.39 is 0 Å². The molecule has 0 spiro atoms. The number of carbonyl (C=O) groups excluding carboxylic acids is 1. The van der Waals surface area contributed by atoms with Crippen LogP contribution in [0.15, 0.2) is 41.4 Å². The van der Waals surface area contributed by atoms with Crippen LogP contribution in [0, 0.1) is 0 Å². The first-order valence-corrected chi connectivity index (χ1v) is 8.63. The summed E-state index contributed by atoms with van der Waals surface area (Å²) in [6.45, 7) is 5.77. The van der Waals surface area contributed by atoms with Gasteiger partial charge in [0.1, 0.15) is 0 Å². The van der Waals surface area contributed by atoms with Crippen molar-refractivity contribution < 1.29 is 4.79 Å². The van der Waals surface area contributed by atoms with Gasteiger partial charge in [-0.3, -0.25) is 14.7 Å². The van der Waals surface area contributed by atoms with Gasteiger partial charge in [0, 0.05) is 50.2 Å². The first-order valence-electron chi connectivity index (χ1n) is 7.68. The summed E-state index contributed by atoms with van der Waals surface area (Å²) in [5.74, 6) is 0.118. The number of hydrogen-bond acceptors (Lipinski definition) is 4. The number of hydrogen-bond donors (Lipinski definition) is 0. The number of aromatic nitrogens is 1. The average Bonchev–Trinajstić information content (AvgIpc) is 3.08. The molecule has 2 aromatic heterocycles. The highest BCUT2D eigenvalue weighted by molar-refractivity contribution is 7.07. The molecule has 0 N–H and O–H groups in total. The lowest BCUT2D eigenvalue weighted by Crippen LogP contribution is -2.51. The van der Waals surface area contributed by atoms with Crippen molar-refractivity contribution in [3.8, 4) is 0 Å². The van der Waals surface area contributed by atoms with Crippen LogP contribution in [0.4, 0.5) is 0 Å². The van der Waals surface area contributed by atoms with Crippen LogP contribution in [0.2, 0.25) is 0 Å². The third-order valence-corrected chi connectivity index (χ3v) is 5.00. The Hall–Kier alpha value is -1.72. The van der Waals surface area contributed by atoms with E-state index in [9.17, 15) is 4.79 Å². The molecule has 0 aliphatic carbocycles. The maximum Gasteiger partial charge on any atom is 0.254 e. The molecule has 1 atom stereocenters. The van der Waals surface area contributed by atoms with Crippen LogP contribution >= 0.6 is 11.3 Å². The van der Waals surface area contributed by atoms with E-state index in [1.165, 1.54) is 5.56 Å². The average molecular weight is 315 g/mol. The summed E-state index contributed by atoms with van der Waals surface area (Å²) in [5.41, 5.74) is 2.14. The van der Waals surface area contributed by atoms with E-state index in [2.05, 4.69) is 33.6 Å². The molecular formula is C17H21N3OS. The van der Waals surface area contributed by atoms with Gasteiger partial charge < -0.3 is 4.90 Å². The highest BCUT2D eigenvalue weighted by Crippen LogP contribution is 2.15. The summed E-state index contributed by atoms with van der Waals surface area (Å²) in [6.07, 6.45) is 4.43. The molecule has 4 nitrogen and oxygen atoms in total. The Balaban J connectivity index is 1.53. The quantitative estimate of drug-likeness (QED) is 0.870. The Morgan fingerprint density at radius 3 is 2.59 bits per heavy atom. The molecule has 1 saturated heterocycles. The maximum absolute atomic E-state index is 12.4. The van der Waals surface area contributed by atoms with Gasteiger partial charge in [-0.15, -0.1) is 0 Å². The first-order chi connectivity index (χ1) is 10.7. The summed E-state index contributed by atoms with van der Waals surface area (Å²) < 4.78 is 0. The monoisotopic (exact) mass is 315 g/mol. The highest BCUT2D eigenvalue weighted by atomic mass is 32.1. The van der Waals surface area contributed by atoms with Gasteiger partial charge in [-0.25, -0.2) is 0 Å². The summed E-state index contributed by atoms with van der Waals surface area (Å²) in [7, 11) is 0. The van der Waals surface area contributed by atoms with Gasteiger partial charge in [0.2, 0.25) is 0 Å². The first kappa shape index (κ1) is 15.2. The van der Waals surface area contributed by atoms with Crippen LogP contribution in [-0.4, -0.2) is 52.9 Å². The van der Waals surface area contributed by atoms with Gasteiger partial charge in [-0.05, 0) is 47.9 Å². The zero-order valence-electron chi connectivity index (χ0n) is 12.8.